The van der Waals surface area contributed by atoms with Crippen molar-refractivity contribution >= 4 is 22.9 Å². The number of carbonyl (C=O) groups is 2. The number of aliphatic carboxylic acids is 1. The van der Waals surface area contributed by atoms with Gasteiger partial charge in [0.05, 0.1) is 34.7 Å². The number of carboxylic acid groups (broad SMARTS) is 1. The molecule has 172 valence electrons. The van der Waals surface area contributed by atoms with E-state index >= 15 is 0 Å². The van der Waals surface area contributed by atoms with Gasteiger partial charge in [0.15, 0.2) is 0 Å². The smallest absolute Gasteiger partial charge is 0.303 e. The molecule has 3 N–H and O–H groups in total. The Bertz CT molecular complexity index is 1300. The van der Waals surface area contributed by atoms with E-state index in [1.807, 2.05) is 36.4 Å². The van der Waals surface area contributed by atoms with Gasteiger partial charge in [-0.3, -0.25) is 19.6 Å². The molecule has 8 heteroatoms. The third kappa shape index (κ3) is 5.60. The quantitative estimate of drug-likeness (QED) is 0.169. The number of nitrogens with zero attached hydrogens (tertiary/aromatic N) is 4. The SMILES string of the molecule is NN(Cc1ccccn1)C(=O)c1ccc2nc(-c3ccccc3)c(CCCCC(=O)O)nc2c1. The Morgan fingerprint density at radius 1 is 0.912 bits per heavy atom. The van der Waals surface area contributed by atoms with Crippen molar-refractivity contribution in [3.8, 4) is 11.3 Å². The van der Waals surface area contributed by atoms with Gasteiger partial charge in [0.1, 0.15) is 0 Å². The molecule has 4 aromatic rings. The van der Waals surface area contributed by atoms with E-state index in [1.54, 1.807) is 36.5 Å². The molecule has 0 spiro atoms. The second-order valence-corrected chi connectivity index (χ2v) is 7.94. The molecule has 2 aromatic carbocycles. The third-order valence-electron chi connectivity index (χ3n) is 5.40. The average molecular weight is 456 g/mol. The van der Waals surface area contributed by atoms with Crippen LogP contribution in [0.2, 0.25) is 0 Å². The first-order chi connectivity index (χ1) is 16.5. The number of amides is 1. The normalized spacial score (nSPS) is 10.9. The molecule has 0 aliphatic carbocycles. The minimum absolute atomic E-state index is 0.114. The summed E-state index contributed by atoms with van der Waals surface area (Å²) in [6.07, 6.45) is 3.58. The summed E-state index contributed by atoms with van der Waals surface area (Å²) >= 11 is 0. The first-order valence-electron chi connectivity index (χ1n) is 11.1. The van der Waals surface area contributed by atoms with E-state index in [-0.39, 0.29) is 18.9 Å². The summed E-state index contributed by atoms with van der Waals surface area (Å²) in [7, 11) is 0. The van der Waals surface area contributed by atoms with Crippen LogP contribution < -0.4 is 5.84 Å². The minimum atomic E-state index is -0.812. The van der Waals surface area contributed by atoms with E-state index in [4.69, 9.17) is 20.9 Å². The number of fused-ring (bicyclic) bond motifs is 1. The van der Waals surface area contributed by atoms with E-state index in [0.717, 1.165) is 22.0 Å². The van der Waals surface area contributed by atoms with Crippen LogP contribution in [0.25, 0.3) is 22.3 Å². The molecule has 0 atom stereocenters. The molecule has 0 aliphatic heterocycles. The highest BCUT2D eigenvalue weighted by Crippen LogP contribution is 2.25. The number of aromatic nitrogens is 3. The van der Waals surface area contributed by atoms with Crippen molar-refractivity contribution in [2.24, 2.45) is 5.84 Å². The van der Waals surface area contributed by atoms with Gasteiger partial charge in [-0.05, 0) is 49.6 Å². The molecule has 2 heterocycles. The lowest BCUT2D eigenvalue weighted by molar-refractivity contribution is -0.137. The lowest BCUT2D eigenvalue weighted by Crippen LogP contribution is -2.37. The highest BCUT2D eigenvalue weighted by Gasteiger charge is 2.16. The van der Waals surface area contributed by atoms with Crippen LogP contribution in [0.4, 0.5) is 0 Å². The molecule has 0 saturated heterocycles. The Hall–Kier alpha value is -4.17. The van der Waals surface area contributed by atoms with Crippen LogP contribution >= 0.6 is 0 Å². The van der Waals surface area contributed by atoms with Crippen molar-refractivity contribution in [3.63, 3.8) is 0 Å². The zero-order valence-corrected chi connectivity index (χ0v) is 18.6. The van der Waals surface area contributed by atoms with Crippen LogP contribution in [0.3, 0.4) is 0 Å². The highest BCUT2D eigenvalue weighted by molar-refractivity contribution is 5.97. The standard InChI is InChI=1S/C26H25N5O3/c27-31(17-20-10-6-7-15-28-20)26(34)19-13-14-21-23(16-19)29-22(11-4-5-12-24(32)33)25(30-21)18-8-2-1-3-9-18/h1-3,6-10,13-16H,4-5,11-12,17,27H2,(H,32,33). The van der Waals surface area contributed by atoms with Crippen molar-refractivity contribution in [2.45, 2.75) is 32.2 Å². The number of hydrazine groups is 1. The summed E-state index contributed by atoms with van der Waals surface area (Å²) < 4.78 is 0. The lowest BCUT2D eigenvalue weighted by Gasteiger charge is -2.16. The zero-order chi connectivity index (χ0) is 23.9. The first kappa shape index (κ1) is 23.0. The number of carboxylic acids is 1. The Labute approximate surface area is 197 Å². The molecular formula is C26H25N5O3. The maximum absolute atomic E-state index is 12.9. The van der Waals surface area contributed by atoms with E-state index in [0.29, 0.717) is 41.6 Å². The number of hydrogen-bond donors (Lipinski definition) is 2. The summed E-state index contributed by atoms with van der Waals surface area (Å²) in [4.78, 5) is 37.6. The van der Waals surface area contributed by atoms with Crippen LogP contribution in [0.15, 0.2) is 72.9 Å². The molecule has 0 aliphatic rings. The monoisotopic (exact) mass is 455 g/mol. The van der Waals surface area contributed by atoms with E-state index in [9.17, 15) is 9.59 Å². The molecule has 4 rings (SSSR count). The molecule has 0 radical (unpaired) electrons. The predicted molar refractivity (Wildman–Crippen MR) is 128 cm³/mol. The Balaban J connectivity index is 1.63. The summed E-state index contributed by atoms with van der Waals surface area (Å²) in [5, 5.41) is 10.1. The number of rotatable bonds is 9. The highest BCUT2D eigenvalue weighted by atomic mass is 16.4. The molecule has 0 unspecified atom stereocenters. The predicted octanol–water partition coefficient (Wildman–Crippen LogP) is 4.01. The van der Waals surface area contributed by atoms with Gasteiger partial charge in [0, 0.05) is 23.7 Å². The summed E-state index contributed by atoms with van der Waals surface area (Å²) in [5.41, 5.74) is 4.82. The van der Waals surface area contributed by atoms with Crippen LogP contribution in [0.5, 0.6) is 0 Å². The van der Waals surface area contributed by atoms with Crippen molar-refractivity contribution in [3.05, 3.63) is 89.9 Å². The van der Waals surface area contributed by atoms with Gasteiger partial charge in [0.25, 0.3) is 5.91 Å². The van der Waals surface area contributed by atoms with Crippen molar-refractivity contribution in [2.75, 3.05) is 0 Å². The molecule has 2 aromatic heterocycles. The van der Waals surface area contributed by atoms with Crippen LogP contribution in [-0.4, -0.2) is 36.9 Å². The fourth-order valence-electron chi connectivity index (χ4n) is 3.70. The second-order valence-electron chi connectivity index (χ2n) is 7.94. The van der Waals surface area contributed by atoms with Gasteiger partial charge >= 0.3 is 5.97 Å². The molecular weight excluding hydrogens is 430 g/mol. The number of nitrogens with two attached hydrogens (primary N) is 1. The fourth-order valence-corrected chi connectivity index (χ4v) is 3.70. The van der Waals surface area contributed by atoms with Crippen molar-refractivity contribution in [1.29, 1.82) is 0 Å². The van der Waals surface area contributed by atoms with E-state index < -0.39 is 5.97 Å². The van der Waals surface area contributed by atoms with E-state index in [2.05, 4.69) is 4.98 Å². The van der Waals surface area contributed by atoms with E-state index in [1.165, 1.54) is 0 Å². The second kappa shape index (κ2) is 10.6. The van der Waals surface area contributed by atoms with Crippen LogP contribution in [0, 0.1) is 0 Å². The molecule has 8 nitrogen and oxygen atoms in total. The van der Waals surface area contributed by atoms with Crippen LogP contribution in [-0.2, 0) is 17.8 Å². The summed E-state index contributed by atoms with van der Waals surface area (Å²) in [6, 6.07) is 20.4. The van der Waals surface area contributed by atoms with Gasteiger partial charge < -0.3 is 5.11 Å². The van der Waals surface area contributed by atoms with Gasteiger partial charge in [-0.25, -0.2) is 15.8 Å². The number of aryl methyl sites for hydroxylation is 1. The molecule has 1 amide bonds. The summed E-state index contributed by atoms with van der Waals surface area (Å²) in [5.74, 6) is 4.87. The number of carbonyl (C=O) groups excluding carboxylic acids is 1. The maximum Gasteiger partial charge on any atom is 0.303 e. The molecule has 0 bridgehead atoms. The largest absolute Gasteiger partial charge is 0.481 e. The van der Waals surface area contributed by atoms with Gasteiger partial charge in [-0.15, -0.1) is 0 Å². The Kier molecular flexibility index (Phi) is 7.19. The Morgan fingerprint density at radius 3 is 2.44 bits per heavy atom. The van der Waals surface area contributed by atoms with Crippen LogP contribution in [0.1, 0.15) is 41.0 Å². The van der Waals surface area contributed by atoms with Gasteiger partial charge in [0.2, 0.25) is 0 Å². The lowest BCUT2D eigenvalue weighted by atomic mass is 10.0. The third-order valence-corrected chi connectivity index (χ3v) is 5.40. The summed E-state index contributed by atoms with van der Waals surface area (Å²) in [6.45, 7) is 0.186. The van der Waals surface area contributed by atoms with Crippen molar-refractivity contribution < 1.29 is 14.7 Å². The number of pyridine rings is 1. The number of unbranched alkanes of at least 4 members (excludes halogenated alkanes) is 1. The van der Waals surface area contributed by atoms with Gasteiger partial charge in [-0.2, -0.15) is 0 Å². The first-order valence-corrected chi connectivity index (χ1v) is 11.1. The average Bonchev–Trinajstić information content (AvgIpc) is 2.86. The number of hydrogen-bond acceptors (Lipinski definition) is 6. The minimum Gasteiger partial charge on any atom is -0.481 e. The Morgan fingerprint density at radius 2 is 1.71 bits per heavy atom. The topological polar surface area (TPSA) is 122 Å². The maximum atomic E-state index is 12.9. The number of benzene rings is 2. The fraction of sp³-hybridized carbons (Fsp3) is 0.192. The van der Waals surface area contributed by atoms with Gasteiger partial charge in [-0.1, -0.05) is 36.4 Å². The molecule has 0 fully saturated rings. The zero-order valence-electron chi connectivity index (χ0n) is 18.6. The van der Waals surface area contributed by atoms with Crippen molar-refractivity contribution in [1.82, 2.24) is 20.0 Å². The molecule has 0 saturated carbocycles. The molecule has 34 heavy (non-hydrogen) atoms.